The zero-order chi connectivity index (χ0) is 20.2. The van der Waals surface area contributed by atoms with Crippen LogP contribution in [0, 0.1) is 11.7 Å². The first-order chi connectivity index (χ1) is 14.1. The highest BCUT2D eigenvalue weighted by atomic mass is 32.1. The molecule has 0 bridgehead atoms. The number of rotatable bonds is 6. The number of aryl methyl sites for hydroxylation is 1. The number of aromatic amines is 1. The van der Waals surface area contributed by atoms with E-state index in [4.69, 9.17) is 12.2 Å². The summed E-state index contributed by atoms with van der Waals surface area (Å²) in [6.07, 6.45) is 4.27. The minimum absolute atomic E-state index is 0.109. The molecule has 3 heterocycles. The molecular formula is C21H24N6OS. The first-order valence-corrected chi connectivity index (χ1v) is 10.2. The third-order valence-corrected chi connectivity index (χ3v) is 5.41. The van der Waals surface area contributed by atoms with Gasteiger partial charge < -0.3 is 10.2 Å². The van der Waals surface area contributed by atoms with Gasteiger partial charge in [0, 0.05) is 31.4 Å². The monoisotopic (exact) mass is 408 g/mol. The van der Waals surface area contributed by atoms with Crippen LogP contribution in [0.4, 0.5) is 5.82 Å². The number of benzene rings is 1. The molecular weight excluding hydrogens is 384 g/mol. The molecule has 4 rings (SSSR count). The van der Waals surface area contributed by atoms with E-state index in [2.05, 4.69) is 25.4 Å². The van der Waals surface area contributed by atoms with E-state index >= 15 is 0 Å². The fourth-order valence-electron chi connectivity index (χ4n) is 3.44. The number of aromatic nitrogens is 4. The molecule has 7 nitrogen and oxygen atoms in total. The molecule has 3 aromatic rings. The number of hydrogen-bond donors (Lipinski definition) is 2. The van der Waals surface area contributed by atoms with Crippen LogP contribution in [0.15, 0.2) is 42.6 Å². The van der Waals surface area contributed by atoms with Crippen molar-refractivity contribution in [2.24, 2.45) is 0 Å². The van der Waals surface area contributed by atoms with E-state index in [1.165, 1.54) is 12.8 Å². The summed E-state index contributed by atoms with van der Waals surface area (Å²) in [6.45, 7) is 4.70. The molecule has 1 amide bonds. The Bertz CT molecular complexity index is 1030. The first kappa shape index (κ1) is 19.3. The Labute approximate surface area is 174 Å². The number of carbonyl (C=O) groups is 1. The summed E-state index contributed by atoms with van der Waals surface area (Å²) in [6, 6.07) is 12.0. The maximum absolute atomic E-state index is 12.5. The number of nitrogens with zero attached hydrogens (tertiary/aromatic N) is 4. The van der Waals surface area contributed by atoms with E-state index in [-0.39, 0.29) is 12.5 Å². The molecule has 1 fully saturated rings. The van der Waals surface area contributed by atoms with E-state index in [1.54, 1.807) is 4.57 Å². The molecule has 8 heteroatoms. The second kappa shape index (κ2) is 8.57. The molecule has 2 N–H and O–H groups in total. The summed E-state index contributed by atoms with van der Waals surface area (Å²) in [4.78, 5) is 19.3. The lowest BCUT2D eigenvalue weighted by Crippen LogP contribution is -2.27. The van der Waals surface area contributed by atoms with Crippen LogP contribution in [0.2, 0.25) is 0 Å². The Balaban J connectivity index is 1.38. The molecule has 0 unspecified atom stereocenters. The van der Waals surface area contributed by atoms with Gasteiger partial charge in [0.05, 0.1) is 0 Å². The zero-order valence-electron chi connectivity index (χ0n) is 16.4. The van der Waals surface area contributed by atoms with E-state index in [0.717, 1.165) is 35.6 Å². The second-order valence-corrected chi connectivity index (χ2v) is 7.69. The van der Waals surface area contributed by atoms with Crippen molar-refractivity contribution in [1.29, 1.82) is 0 Å². The van der Waals surface area contributed by atoms with Gasteiger partial charge in [-0.1, -0.05) is 35.9 Å². The lowest BCUT2D eigenvalue weighted by Gasteiger charge is -2.16. The van der Waals surface area contributed by atoms with Gasteiger partial charge in [0.25, 0.3) is 0 Å². The molecule has 0 atom stereocenters. The van der Waals surface area contributed by atoms with Gasteiger partial charge >= 0.3 is 0 Å². The van der Waals surface area contributed by atoms with Crippen molar-refractivity contribution >= 4 is 23.9 Å². The van der Waals surface area contributed by atoms with E-state index < -0.39 is 0 Å². The largest absolute Gasteiger partial charge is 0.357 e. The molecule has 150 valence electrons. The van der Waals surface area contributed by atoms with Crippen molar-refractivity contribution in [3.63, 3.8) is 0 Å². The van der Waals surface area contributed by atoms with Crippen LogP contribution >= 0.6 is 12.2 Å². The molecule has 1 aliphatic heterocycles. The minimum Gasteiger partial charge on any atom is -0.357 e. The van der Waals surface area contributed by atoms with Crippen molar-refractivity contribution in [3.8, 4) is 11.4 Å². The number of carbonyl (C=O) groups excluding carboxylic acids is 1. The number of hydrogen-bond acceptors (Lipinski definition) is 5. The van der Waals surface area contributed by atoms with Crippen LogP contribution in [0.1, 0.15) is 24.0 Å². The van der Waals surface area contributed by atoms with Gasteiger partial charge in [0.1, 0.15) is 12.4 Å². The van der Waals surface area contributed by atoms with Gasteiger partial charge in [-0.3, -0.25) is 14.5 Å². The highest BCUT2D eigenvalue weighted by Gasteiger charge is 2.14. The van der Waals surface area contributed by atoms with Crippen LogP contribution in [0.5, 0.6) is 0 Å². The van der Waals surface area contributed by atoms with E-state index in [1.807, 2.05) is 49.5 Å². The Morgan fingerprint density at radius 3 is 2.62 bits per heavy atom. The summed E-state index contributed by atoms with van der Waals surface area (Å²) >= 11 is 5.31. The van der Waals surface area contributed by atoms with Gasteiger partial charge in [-0.15, -0.1) is 0 Å². The van der Waals surface area contributed by atoms with Gasteiger partial charge in [0.15, 0.2) is 10.6 Å². The molecule has 1 saturated heterocycles. The van der Waals surface area contributed by atoms with Crippen LogP contribution in [0.3, 0.4) is 0 Å². The molecule has 1 aromatic carbocycles. The van der Waals surface area contributed by atoms with E-state index in [9.17, 15) is 4.79 Å². The summed E-state index contributed by atoms with van der Waals surface area (Å²) in [7, 11) is 0. The number of anilines is 1. The maximum atomic E-state index is 12.5. The second-order valence-electron chi connectivity index (χ2n) is 7.30. The third kappa shape index (κ3) is 4.54. The van der Waals surface area contributed by atoms with E-state index in [0.29, 0.717) is 17.1 Å². The third-order valence-electron chi connectivity index (χ3n) is 5.10. The zero-order valence-corrected chi connectivity index (χ0v) is 17.2. The standard InChI is InChI=1S/C21H24N6OS/c1-15-4-7-17(8-5-15)20-24-25-21(29)27(20)14-19(28)23-13-16-6-9-18(22-12-16)26-10-2-3-11-26/h4-9,12H,2-3,10-11,13-14H2,1H3,(H,23,28)(H,25,29). The predicted octanol–water partition coefficient (Wildman–Crippen LogP) is 3.23. The van der Waals surface area contributed by atoms with Crippen molar-refractivity contribution in [1.82, 2.24) is 25.1 Å². The predicted molar refractivity (Wildman–Crippen MR) is 115 cm³/mol. The number of pyridine rings is 1. The Morgan fingerprint density at radius 1 is 1.17 bits per heavy atom. The highest BCUT2D eigenvalue weighted by Crippen LogP contribution is 2.19. The van der Waals surface area contributed by atoms with Crippen molar-refractivity contribution in [3.05, 3.63) is 58.5 Å². The average molecular weight is 409 g/mol. The fraction of sp³-hybridized carbons (Fsp3) is 0.333. The lowest BCUT2D eigenvalue weighted by atomic mass is 10.1. The van der Waals surface area contributed by atoms with Gasteiger partial charge in [-0.05, 0) is 43.6 Å². The van der Waals surface area contributed by atoms with Gasteiger partial charge in [0.2, 0.25) is 5.91 Å². The summed E-state index contributed by atoms with van der Waals surface area (Å²) in [5.74, 6) is 1.53. The van der Waals surface area contributed by atoms with Crippen molar-refractivity contribution < 1.29 is 4.79 Å². The molecule has 0 radical (unpaired) electrons. The van der Waals surface area contributed by atoms with Crippen molar-refractivity contribution in [2.75, 3.05) is 18.0 Å². The number of amides is 1. The fourth-order valence-corrected chi connectivity index (χ4v) is 3.64. The van der Waals surface area contributed by atoms with Gasteiger partial charge in [-0.25, -0.2) is 4.98 Å². The minimum atomic E-state index is -0.125. The van der Waals surface area contributed by atoms with Crippen LogP contribution in [-0.2, 0) is 17.9 Å². The molecule has 0 spiro atoms. The molecule has 2 aromatic heterocycles. The Morgan fingerprint density at radius 2 is 1.93 bits per heavy atom. The highest BCUT2D eigenvalue weighted by molar-refractivity contribution is 7.71. The summed E-state index contributed by atoms with van der Waals surface area (Å²) in [5.41, 5.74) is 3.05. The SMILES string of the molecule is Cc1ccc(-c2n[nH]c(=S)n2CC(=O)NCc2ccc(N3CCCC3)nc2)cc1. The topological polar surface area (TPSA) is 78.8 Å². The summed E-state index contributed by atoms with van der Waals surface area (Å²) in [5, 5.41) is 10.0. The smallest absolute Gasteiger partial charge is 0.240 e. The van der Waals surface area contributed by atoms with Crippen molar-refractivity contribution in [2.45, 2.75) is 32.9 Å². The maximum Gasteiger partial charge on any atom is 0.240 e. The van der Waals surface area contributed by atoms with Crippen LogP contribution < -0.4 is 10.2 Å². The Hall–Kier alpha value is -3.00. The molecule has 0 aliphatic carbocycles. The average Bonchev–Trinajstić information content (AvgIpc) is 3.39. The Kier molecular flexibility index (Phi) is 5.71. The molecule has 29 heavy (non-hydrogen) atoms. The quantitative estimate of drug-likeness (QED) is 0.612. The van der Waals surface area contributed by atoms with Crippen LogP contribution in [-0.4, -0.2) is 38.7 Å². The molecule has 1 aliphatic rings. The summed E-state index contributed by atoms with van der Waals surface area (Å²) < 4.78 is 2.14. The normalized spacial score (nSPS) is 13.6. The van der Waals surface area contributed by atoms with Gasteiger partial charge in [-0.2, -0.15) is 5.10 Å². The first-order valence-electron chi connectivity index (χ1n) is 9.79. The number of H-pyrrole nitrogens is 1. The lowest BCUT2D eigenvalue weighted by molar-refractivity contribution is -0.121. The number of nitrogens with one attached hydrogen (secondary N) is 2. The molecule has 0 saturated carbocycles. The van der Waals surface area contributed by atoms with Crippen LogP contribution in [0.25, 0.3) is 11.4 Å².